The zero-order valence-corrected chi connectivity index (χ0v) is 17.5. The molecule has 2 aromatic rings. The van der Waals surface area contributed by atoms with Gasteiger partial charge in [-0.05, 0) is 56.4 Å². The van der Waals surface area contributed by atoms with Crippen molar-refractivity contribution in [1.82, 2.24) is 19.4 Å². The monoisotopic (exact) mass is 404 g/mol. The van der Waals surface area contributed by atoms with E-state index in [1.807, 2.05) is 48.9 Å². The van der Waals surface area contributed by atoms with E-state index in [0.717, 1.165) is 29.8 Å². The molecular weight excluding hydrogens is 376 g/mol. The molecule has 1 unspecified atom stereocenters. The third-order valence-electron chi connectivity index (χ3n) is 5.15. The van der Waals surface area contributed by atoms with Crippen LogP contribution in [0.1, 0.15) is 40.2 Å². The van der Waals surface area contributed by atoms with Crippen LogP contribution in [-0.4, -0.2) is 54.3 Å². The fourth-order valence-corrected chi connectivity index (χ4v) is 4.55. The van der Waals surface area contributed by atoms with Gasteiger partial charge in [0.15, 0.2) is 0 Å². The summed E-state index contributed by atoms with van der Waals surface area (Å²) in [6, 6.07) is 9.56. The molecule has 0 radical (unpaired) electrons. The minimum atomic E-state index is -3.17. The highest BCUT2D eigenvalue weighted by molar-refractivity contribution is 7.88. The molecule has 1 aliphatic rings. The van der Waals surface area contributed by atoms with E-state index in [1.54, 1.807) is 0 Å². The molecule has 1 N–H and O–H groups in total. The van der Waals surface area contributed by atoms with E-state index in [-0.39, 0.29) is 11.8 Å². The SMILES string of the molecule is Cc1cc(C)n(Cc2ccc(C(=O)NCC3CCCN(S(C)(=O)=O)C3)cc2)n1. The fourth-order valence-electron chi connectivity index (χ4n) is 3.60. The quantitative estimate of drug-likeness (QED) is 0.798. The van der Waals surface area contributed by atoms with Gasteiger partial charge in [0.25, 0.3) is 5.91 Å². The number of hydrogen-bond donors (Lipinski definition) is 1. The number of aromatic nitrogens is 2. The zero-order valence-electron chi connectivity index (χ0n) is 16.7. The van der Waals surface area contributed by atoms with Crippen molar-refractivity contribution in [3.8, 4) is 0 Å². The van der Waals surface area contributed by atoms with Gasteiger partial charge in [0.1, 0.15) is 0 Å². The molecule has 1 amide bonds. The van der Waals surface area contributed by atoms with Gasteiger partial charge in [-0.3, -0.25) is 9.48 Å². The van der Waals surface area contributed by atoms with Crippen LogP contribution in [-0.2, 0) is 16.6 Å². The second-order valence-corrected chi connectivity index (χ2v) is 9.60. The van der Waals surface area contributed by atoms with E-state index in [2.05, 4.69) is 10.4 Å². The number of nitrogens with zero attached hydrogens (tertiary/aromatic N) is 3. The summed E-state index contributed by atoms with van der Waals surface area (Å²) in [5.74, 6) is 0.0203. The molecule has 7 nitrogen and oxygen atoms in total. The van der Waals surface area contributed by atoms with E-state index in [9.17, 15) is 13.2 Å². The van der Waals surface area contributed by atoms with E-state index >= 15 is 0 Å². The Labute approximate surface area is 166 Å². The van der Waals surface area contributed by atoms with E-state index in [0.29, 0.717) is 31.7 Å². The summed E-state index contributed by atoms with van der Waals surface area (Å²) in [5, 5.41) is 7.40. The van der Waals surface area contributed by atoms with Crippen LogP contribution in [0, 0.1) is 19.8 Å². The molecule has 1 atom stereocenters. The summed E-state index contributed by atoms with van der Waals surface area (Å²) in [5.41, 5.74) is 3.78. The molecule has 3 rings (SSSR count). The Hall–Kier alpha value is -2.19. The minimum absolute atomic E-state index is 0.130. The second-order valence-electron chi connectivity index (χ2n) is 7.62. The number of benzene rings is 1. The van der Waals surface area contributed by atoms with Gasteiger partial charge in [-0.2, -0.15) is 5.10 Å². The van der Waals surface area contributed by atoms with Crippen molar-refractivity contribution < 1.29 is 13.2 Å². The van der Waals surface area contributed by atoms with Crippen molar-refractivity contribution in [2.45, 2.75) is 33.2 Å². The van der Waals surface area contributed by atoms with Crippen LogP contribution in [0.5, 0.6) is 0 Å². The van der Waals surface area contributed by atoms with Gasteiger partial charge >= 0.3 is 0 Å². The van der Waals surface area contributed by atoms with Gasteiger partial charge in [0.2, 0.25) is 10.0 Å². The number of rotatable bonds is 6. The number of carbonyl (C=O) groups is 1. The maximum atomic E-state index is 12.4. The van der Waals surface area contributed by atoms with Crippen molar-refractivity contribution >= 4 is 15.9 Å². The number of nitrogens with one attached hydrogen (secondary N) is 1. The Morgan fingerprint density at radius 1 is 1.25 bits per heavy atom. The summed E-state index contributed by atoms with van der Waals surface area (Å²) < 4.78 is 26.9. The molecule has 28 heavy (non-hydrogen) atoms. The standard InChI is InChI=1S/C20H28N4O3S/c1-15-11-16(2)24(22-15)14-17-6-8-19(9-7-17)20(25)21-12-18-5-4-10-23(13-18)28(3,26)27/h6-9,11,18H,4-5,10,12-14H2,1-3H3,(H,21,25). The molecule has 152 valence electrons. The van der Waals surface area contributed by atoms with Gasteiger partial charge in [-0.15, -0.1) is 0 Å². The molecule has 0 aliphatic carbocycles. The summed E-state index contributed by atoms with van der Waals surface area (Å²) >= 11 is 0. The molecule has 0 bridgehead atoms. The Morgan fingerprint density at radius 2 is 1.96 bits per heavy atom. The maximum absolute atomic E-state index is 12.4. The number of amides is 1. The molecule has 1 aliphatic heterocycles. The van der Waals surface area contributed by atoms with Gasteiger partial charge in [-0.1, -0.05) is 12.1 Å². The lowest BCUT2D eigenvalue weighted by atomic mass is 9.99. The van der Waals surface area contributed by atoms with Gasteiger partial charge in [0.05, 0.1) is 18.5 Å². The van der Waals surface area contributed by atoms with Crippen molar-refractivity contribution in [3.05, 3.63) is 52.8 Å². The Bertz CT molecular complexity index is 935. The third kappa shape index (κ3) is 5.20. The van der Waals surface area contributed by atoms with E-state index < -0.39 is 10.0 Å². The highest BCUT2D eigenvalue weighted by atomic mass is 32.2. The van der Waals surface area contributed by atoms with Gasteiger partial charge in [0, 0.05) is 30.9 Å². The van der Waals surface area contributed by atoms with Gasteiger partial charge < -0.3 is 5.32 Å². The van der Waals surface area contributed by atoms with Crippen LogP contribution in [0.2, 0.25) is 0 Å². The molecule has 1 aromatic carbocycles. The Morgan fingerprint density at radius 3 is 2.57 bits per heavy atom. The molecule has 0 spiro atoms. The highest BCUT2D eigenvalue weighted by Gasteiger charge is 2.26. The average Bonchev–Trinajstić information content (AvgIpc) is 2.97. The fraction of sp³-hybridized carbons (Fsp3) is 0.500. The lowest BCUT2D eigenvalue weighted by Gasteiger charge is -2.30. The average molecular weight is 405 g/mol. The third-order valence-corrected chi connectivity index (χ3v) is 6.42. The van der Waals surface area contributed by atoms with Crippen LogP contribution in [0.4, 0.5) is 0 Å². The molecule has 2 heterocycles. The first-order valence-electron chi connectivity index (χ1n) is 9.55. The van der Waals surface area contributed by atoms with Crippen LogP contribution < -0.4 is 5.32 Å². The number of carbonyl (C=O) groups excluding carboxylic acids is 1. The van der Waals surface area contributed by atoms with Crippen LogP contribution in [0.3, 0.4) is 0 Å². The van der Waals surface area contributed by atoms with Crippen molar-refractivity contribution in [2.75, 3.05) is 25.9 Å². The highest BCUT2D eigenvalue weighted by Crippen LogP contribution is 2.18. The zero-order chi connectivity index (χ0) is 20.3. The van der Waals surface area contributed by atoms with Crippen molar-refractivity contribution in [3.63, 3.8) is 0 Å². The van der Waals surface area contributed by atoms with E-state index in [4.69, 9.17) is 0 Å². The molecular formula is C20H28N4O3S. The summed E-state index contributed by atoms with van der Waals surface area (Å²) in [4.78, 5) is 12.4. The molecule has 0 saturated carbocycles. The summed E-state index contributed by atoms with van der Waals surface area (Å²) in [7, 11) is -3.17. The second kappa shape index (κ2) is 8.45. The Balaban J connectivity index is 1.54. The first kappa shape index (κ1) is 20.5. The Kier molecular flexibility index (Phi) is 6.20. The maximum Gasteiger partial charge on any atom is 0.251 e. The molecule has 8 heteroatoms. The number of piperidine rings is 1. The van der Waals surface area contributed by atoms with E-state index in [1.165, 1.54) is 10.6 Å². The largest absolute Gasteiger partial charge is 0.352 e. The lowest BCUT2D eigenvalue weighted by Crippen LogP contribution is -2.43. The topological polar surface area (TPSA) is 84.3 Å². The van der Waals surface area contributed by atoms with Crippen LogP contribution in [0.25, 0.3) is 0 Å². The lowest BCUT2D eigenvalue weighted by molar-refractivity contribution is 0.0941. The number of sulfonamides is 1. The summed E-state index contributed by atoms with van der Waals surface area (Å²) in [6.07, 6.45) is 2.99. The smallest absolute Gasteiger partial charge is 0.251 e. The number of hydrogen-bond acceptors (Lipinski definition) is 4. The molecule has 1 fully saturated rings. The van der Waals surface area contributed by atoms with Crippen molar-refractivity contribution in [1.29, 1.82) is 0 Å². The van der Waals surface area contributed by atoms with Crippen molar-refractivity contribution in [2.24, 2.45) is 5.92 Å². The van der Waals surface area contributed by atoms with Gasteiger partial charge in [-0.25, -0.2) is 12.7 Å². The number of aryl methyl sites for hydroxylation is 2. The summed E-state index contributed by atoms with van der Waals surface area (Å²) in [6.45, 7) is 6.19. The molecule has 1 aromatic heterocycles. The first-order valence-corrected chi connectivity index (χ1v) is 11.4. The minimum Gasteiger partial charge on any atom is -0.352 e. The predicted molar refractivity (Wildman–Crippen MR) is 109 cm³/mol. The normalized spacial score (nSPS) is 18.2. The van der Waals surface area contributed by atoms with Crippen LogP contribution in [0.15, 0.2) is 30.3 Å². The predicted octanol–water partition coefficient (Wildman–Crippen LogP) is 1.95. The molecule has 1 saturated heterocycles. The van der Waals surface area contributed by atoms with Crippen LogP contribution >= 0.6 is 0 Å². The first-order chi connectivity index (χ1) is 13.2.